The number of guanidine groups is 1. The first-order chi connectivity index (χ1) is 6.82. The van der Waals surface area contributed by atoms with Gasteiger partial charge in [0, 0.05) is 12.4 Å². The van der Waals surface area contributed by atoms with Crippen LogP contribution in [0.1, 0.15) is 0 Å². The second-order valence-electron chi connectivity index (χ2n) is 3.13. The summed E-state index contributed by atoms with van der Waals surface area (Å²) in [5.74, 6) is -0.141. The fraction of sp³-hybridized carbons (Fsp3) is 0.429. The van der Waals surface area contributed by atoms with Gasteiger partial charge >= 0.3 is 6.18 Å². The third-order valence-electron chi connectivity index (χ3n) is 1.97. The van der Waals surface area contributed by atoms with E-state index in [4.69, 9.17) is 0 Å². The van der Waals surface area contributed by atoms with Crippen LogP contribution in [0.15, 0.2) is 20.7 Å². The number of allylic oxidation sites excluding steroid dienone is 1. The molecule has 9 heteroatoms. The summed E-state index contributed by atoms with van der Waals surface area (Å²) >= 11 is 3.06. The van der Waals surface area contributed by atoms with E-state index in [1.807, 2.05) is 0 Å². The van der Waals surface area contributed by atoms with Gasteiger partial charge in [-0.25, -0.2) is 9.98 Å². The Labute approximate surface area is 107 Å². The van der Waals surface area contributed by atoms with E-state index in [9.17, 15) is 18.3 Å². The van der Waals surface area contributed by atoms with Gasteiger partial charge in [0.2, 0.25) is 5.96 Å². The first-order valence-electron chi connectivity index (χ1n) is 3.89. The van der Waals surface area contributed by atoms with Crippen molar-refractivity contribution in [3.8, 4) is 0 Å². The van der Waals surface area contributed by atoms with Crippen molar-refractivity contribution in [3.05, 3.63) is 10.7 Å². The first kappa shape index (κ1) is 13.7. The molecule has 1 unspecified atom stereocenters. The lowest BCUT2D eigenvalue weighted by molar-refractivity contribution is -0.253. The average Bonchev–Trinajstić information content (AvgIpc) is 2.40. The second kappa shape index (κ2) is 4.11. The van der Waals surface area contributed by atoms with E-state index in [0.29, 0.717) is 4.48 Å². The van der Waals surface area contributed by atoms with Gasteiger partial charge in [-0.05, 0) is 15.9 Å². The normalized spacial score (nSPS) is 28.2. The molecule has 0 saturated heterocycles. The summed E-state index contributed by atoms with van der Waals surface area (Å²) in [4.78, 5) is 7.95. The highest BCUT2D eigenvalue weighted by atomic mass is 79.9. The highest BCUT2D eigenvalue weighted by Crippen LogP contribution is 2.37. The Hall–Kier alpha value is -0.410. The molecule has 0 bridgehead atoms. The number of rotatable bonds is 0. The van der Waals surface area contributed by atoms with Crippen molar-refractivity contribution in [2.75, 3.05) is 6.54 Å². The molecule has 90 valence electrons. The zero-order valence-corrected chi connectivity index (χ0v) is 10.9. The van der Waals surface area contributed by atoms with Gasteiger partial charge < -0.3 is 10.0 Å². The Morgan fingerprint density at radius 2 is 2.12 bits per heavy atom. The third kappa shape index (κ3) is 2.16. The molecule has 1 N–H and O–H groups in total. The number of aliphatic imine (C=N–C) groups is 2. The van der Waals surface area contributed by atoms with Crippen molar-refractivity contribution in [2.24, 2.45) is 9.98 Å². The van der Waals surface area contributed by atoms with E-state index >= 15 is 0 Å². The van der Waals surface area contributed by atoms with Crippen LogP contribution in [-0.4, -0.2) is 40.6 Å². The van der Waals surface area contributed by atoms with Crippen LogP contribution in [0.4, 0.5) is 13.2 Å². The first-order valence-corrected chi connectivity index (χ1v) is 4.68. The molecule has 2 rings (SSSR count). The molecule has 0 fully saturated rings. The molecule has 2 heterocycles. The molecule has 0 amide bonds. The van der Waals surface area contributed by atoms with Crippen LogP contribution in [0.2, 0.25) is 0 Å². The number of halogens is 5. The lowest BCUT2D eigenvalue weighted by Crippen LogP contribution is -2.46. The van der Waals surface area contributed by atoms with Crippen LogP contribution in [0.5, 0.6) is 0 Å². The summed E-state index contributed by atoms with van der Waals surface area (Å²) in [5.41, 5.74) is -3.06. The minimum Gasteiger partial charge on any atom is -0.361 e. The van der Waals surface area contributed by atoms with Gasteiger partial charge in [-0.3, -0.25) is 0 Å². The predicted molar refractivity (Wildman–Crippen MR) is 61.0 cm³/mol. The summed E-state index contributed by atoms with van der Waals surface area (Å²) < 4.78 is 37.8. The predicted octanol–water partition coefficient (Wildman–Crippen LogP) is 1.81. The van der Waals surface area contributed by atoms with Crippen molar-refractivity contribution in [2.45, 2.75) is 11.9 Å². The fourth-order valence-corrected chi connectivity index (χ4v) is 1.58. The van der Waals surface area contributed by atoms with E-state index < -0.39 is 18.4 Å². The minimum absolute atomic E-state index is 0. The molecule has 16 heavy (non-hydrogen) atoms. The second-order valence-corrected chi connectivity index (χ2v) is 4.04. The largest absolute Gasteiger partial charge is 0.440 e. The van der Waals surface area contributed by atoms with Crippen molar-refractivity contribution < 1.29 is 18.3 Å². The Morgan fingerprint density at radius 1 is 1.50 bits per heavy atom. The van der Waals surface area contributed by atoms with E-state index in [0.717, 1.165) is 4.90 Å². The van der Waals surface area contributed by atoms with Crippen molar-refractivity contribution in [1.29, 1.82) is 0 Å². The molecular weight excluding hydrogens is 359 g/mol. The minimum atomic E-state index is -4.80. The highest BCUT2D eigenvalue weighted by molar-refractivity contribution is 9.12. The smallest absolute Gasteiger partial charge is 0.361 e. The molecule has 0 radical (unpaired) electrons. The van der Waals surface area contributed by atoms with Gasteiger partial charge in [-0.2, -0.15) is 13.2 Å². The van der Waals surface area contributed by atoms with Crippen molar-refractivity contribution in [1.82, 2.24) is 4.90 Å². The zero-order chi connectivity index (χ0) is 11.3. The molecule has 0 aromatic rings. The maximum atomic E-state index is 12.4. The summed E-state index contributed by atoms with van der Waals surface area (Å²) in [7, 11) is 0. The standard InChI is InChI=1S/C7H5BrF3N3O.BrH/c8-4-1-12-5-13-6(15,7(9,10)11)3-14(5)2-4;/h1-2,15H,3H2;1H. The van der Waals surface area contributed by atoms with E-state index in [2.05, 4.69) is 25.9 Å². The van der Waals surface area contributed by atoms with Gasteiger partial charge in [0.25, 0.3) is 5.72 Å². The lowest BCUT2D eigenvalue weighted by Gasteiger charge is -2.23. The quantitative estimate of drug-likeness (QED) is 0.712. The molecule has 0 aliphatic carbocycles. The lowest BCUT2D eigenvalue weighted by atomic mass is 10.2. The fourth-order valence-electron chi connectivity index (χ4n) is 1.23. The summed E-state index contributed by atoms with van der Waals surface area (Å²) in [5, 5.41) is 9.27. The Balaban J connectivity index is 0.00000128. The van der Waals surface area contributed by atoms with Gasteiger partial charge in [0.1, 0.15) is 0 Å². The van der Waals surface area contributed by atoms with Gasteiger partial charge in [0.05, 0.1) is 11.0 Å². The average molecular weight is 365 g/mol. The molecule has 0 aromatic heterocycles. The summed E-state index contributed by atoms with van der Waals surface area (Å²) in [6.45, 7) is -0.668. The van der Waals surface area contributed by atoms with Gasteiger partial charge in [-0.15, -0.1) is 17.0 Å². The summed E-state index contributed by atoms with van der Waals surface area (Å²) in [6.07, 6.45) is -2.10. The topological polar surface area (TPSA) is 48.2 Å². The van der Waals surface area contributed by atoms with Crippen LogP contribution in [0.25, 0.3) is 0 Å². The van der Waals surface area contributed by atoms with Crippen LogP contribution in [-0.2, 0) is 0 Å². The van der Waals surface area contributed by atoms with Crippen molar-refractivity contribution in [3.63, 3.8) is 0 Å². The van der Waals surface area contributed by atoms with Gasteiger partial charge in [0.15, 0.2) is 0 Å². The Kier molecular flexibility index (Phi) is 3.51. The number of fused-ring (bicyclic) bond motifs is 1. The van der Waals surface area contributed by atoms with Crippen LogP contribution in [0.3, 0.4) is 0 Å². The highest BCUT2D eigenvalue weighted by Gasteiger charge is 2.58. The third-order valence-corrected chi connectivity index (χ3v) is 2.38. The van der Waals surface area contributed by atoms with Crippen LogP contribution in [0, 0.1) is 0 Å². The molecule has 2 aliphatic heterocycles. The molecule has 0 saturated carbocycles. The van der Waals surface area contributed by atoms with Crippen LogP contribution < -0.4 is 0 Å². The monoisotopic (exact) mass is 363 g/mol. The molecule has 0 spiro atoms. The van der Waals surface area contributed by atoms with Crippen LogP contribution >= 0.6 is 32.9 Å². The maximum Gasteiger partial charge on any atom is 0.440 e. The Bertz CT molecular complexity index is 393. The van der Waals surface area contributed by atoms with E-state index in [1.165, 1.54) is 12.4 Å². The van der Waals surface area contributed by atoms with E-state index in [1.54, 1.807) is 0 Å². The molecule has 1 atom stereocenters. The van der Waals surface area contributed by atoms with Crippen molar-refractivity contribution >= 4 is 45.1 Å². The maximum absolute atomic E-state index is 12.4. The molecule has 4 nitrogen and oxygen atoms in total. The number of hydrogen-bond donors (Lipinski definition) is 1. The SMILES string of the molecule is Br.OC1(C(F)(F)F)CN2C=C(Br)C=NC2=N1. The van der Waals surface area contributed by atoms with E-state index in [-0.39, 0.29) is 22.9 Å². The number of alkyl halides is 3. The Morgan fingerprint density at radius 3 is 2.69 bits per heavy atom. The number of hydrogen-bond acceptors (Lipinski definition) is 4. The zero-order valence-electron chi connectivity index (χ0n) is 7.57. The number of nitrogens with zero attached hydrogens (tertiary/aromatic N) is 3. The molecular formula is C7H6Br2F3N3O. The molecule has 2 aliphatic rings. The molecule has 0 aromatic carbocycles. The summed E-state index contributed by atoms with van der Waals surface area (Å²) in [6, 6.07) is 0. The van der Waals surface area contributed by atoms with Gasteiger partial charge in [-0.1, -0.05) is 0 Å². The number of aliphatic hydroxyl groups is 1.